The van der Waals surface area contributed by atoms with Crippen LogP contribution >= 0.6 is 23.6 Å². The van der Waals surface area contributed by atoms with Crippen molar-refractivity contribution in [2.45, 2.75) is 13.2 Å². The van der Waals surface area contributed by atoms with Crippen molar-refractivity contribution in [2.75, 3.05) is 18.9 Å². The molecule has 25 heavy (non-hydrogen) atoms. The summed E-state index contributed by atoms with van der Waals surface area (Å²) in [7, 11) is 2.04. The smallest absolute Gasteiger partial charge is 0.204 e. The third-order valence-electron chi connectivity index (χ3n) is 3.49. The van der Waals surface area contributed by atoms with Gasteiger partial charge in [-0.15, -0.1) is 11.7 Å². The van der Waals surface area contributed by atoms with Crippen LogP contribution in [-0.2, 0) is 13.2 Å². The van der Waals surface area contributed by atoms with Crippen molar-refractivity contribution in [1.29, 1.82) is 0 Å². The molecule has 0 unspecified atom stereocenters. The minimum Gasteiger partial charge on any atom is -0.357 e. The molecule has 0 aliphatic heterocycles. The molecule has 1 aromatic carbocycles. The fourth-order valence-electron chi connectivity index (χ4n) is 2.38. The van der Waals surface area contributed by atoms with E-state index in [-0.39, 0.29) is 0 Å². The number of para-hydroxylation sites is 1. The molecule has 0 aliphatic carbocycles. The van der Waals surface area contributed by atoms with Crippen LogP contribution in [0.3, 0.4) is 0 Å². The number of rotatable bonds is 8. The predicted molar refractivity (Wildman–Crippen MR) is 105 cm³/mol. The van der Waals surface area contributed by atoms with E-state index in [1.54, 1.807) is 6.08 Å². The van der Waals surface area contributed by atoms with Crippen molar-refractivity contribution in [3.8, 4) is 5.69 Å². The minimum absolute atomic E-state index is 0.627. The number of benzene rings is 1. The van der Waals surface area contributed by atoms with E-state index in [0.717, 1.165) is 26.9 Å². The van der Waals surface area contributed by atoms with Crippen LogP contribution in [0.25, 0.3) is 5.69 Å². The van der Waals surface area contributed by atoms with E-state index >= 15 is 0 Å². The maximum atomic E-state index is 5.38. The monoisotopic (exact) mass is 372 g/mol. The summed E-state index contributed by atoms with van der Waals surface area (Å²) in [6, 6.07) is 10.1. The SMILES string of the molecule is C=CCNc1nn(CN(C)Cc2cnn(-c3ccccc3)c2)c(=S)s1. The molecule has 0 fully saturated rings. The van der Waals surface area contributed by atoms with Crippen LogP contribution in [0.5, 0.6) is 0 Å². The molecule has 2 aromatic heterocycles. The number of nitrogens with zero attached hydrogens (tertiary/aromatic N) is 5. The highest BCUT2D eigenvalue weighted by atomic mass is 32.1. The summed E-state index contributed by atoms with van der Waals surface area (Å²) in [5.74, 6) is 0. The number of aromatic nitrogens is 4. The lowest BCUT2D eigenvalue weighted by molar-refractivity contribution is 0.245. The maximum Gasteiger partial charge on any atom is 0.204 e. The summed E-state index contributed by atoms with van der Waals surface area (Å²) >= 11 is 6.85. The topological polar surface area (TPSA) is 50.9 Å². The molecule has 0 atom stereocenters. The molecule has 8 heteroatoms. The normalized spacial score (nSPS) is 11.0. The summed E-state index contributed by atoms with van der Waals surface area (Å²) in [5.41, 5.74) is 2.19. The molecule has 0 bridgehead atoms. The molecule has 6 nitrogen and oxygen atoms in total. The summed E-state index contributed by atoms with van der Waals surface area (Å²) in [6.07, 6.45) is 5.73. The fourth-order valence-corrected chi connectivity index (χ4v) is 3.38. The zero-order valence-electron chi connectivity index (χ0n) is 14.0. The molecule has 0 spiro atoms. The van der Waals surface area contributed by atoms with Crippen LogP contribution in [-0.4, -0.2) is 38.1 Å². The van der Waals surface area contributed by atoms with Crippen LogP contribution in [0.15, 0.2) is 55.4 Å². The van der Waals surface area contributed by atoms with Crippen molar-refractivity contribution in [3.05, 3.63) is 64.9 Å². The summed E-state index contributed by atoms with van der Waals surface area (Å²) in [4.78, 5) is 2.15. The van der Waals surface area contributed by atoms with Gasteiger partial charge in [-0.3, -0.25) is 4.90 Å². The molecule has 0 saturated carbocycles. The number of nitrogens with one attached hydrogen (secondary N) is 1. The molecule has 0 amide bonds. The Bertz CT molecular complexity index is 880. The third-order valence-corrected chi connectivity index (χ3v) is 4.75. The average Bonchev–Trinajstić information content (AvgIpc) is 3.21. The van der Waals surface area contributed by atoms with Crippen LogP contribution in [0.1, 0.15) is 5.56 Å². The van der Waals surface area contributed by atoms with Crippen molar-refractivity contribution in [3.63, 3.8) is 0 Å². The quantitative estimate of drug-likeness (QED) is 0.484. The van der Waals surface area contributed by atoms with Crippen LogP contribution in [0.2, 0.25) is 0 Å². The van der Waals surface area contributed by atoms with E-state index < -0.39 is 0 Å². The van der Waals surface area contributed by atoms with Gasteiger partial charge < -0.3 is 5.32 Å². The molecular formula is C17H20N6S2. The Hall–Kier alpha value is -2.29. The van der Waals surface area contributed by atoms with Gasteiger partial charge in [0, 0.05) is 24.8 Å². The molecule has 0 saturated heterocycles. The van der Waals surface area contributed by atoms with E-state index in [0.29, 0.717) is 13.2 Å². The molecule has 0 aliphatic rings. The first-order valence-corrected chi connectivity index (χ1v) is 9.08. The van der Waals surface area contributed by atoms with Crippen molar-refractivity contribution < 1.29 is 0 Å². The first kappa shape index (κ1) is 17.5. The predicted octanol–water partition coefficient (Wildman–Crippen LogP) is 3.55. The van der Waals surface area contributed by atoms with E-state index in [9.17, 15) is 0 Å². The largest absolute Gasteiger partial charge is 0.357 e. The lowest BCUT2D eigenvalue weighted by Gasteiger charge is -2.15. The maximum absolute atomic E-state index is 5.38. The second-order valence-corrected chi connectivity index (χ2v) is 7.25. The Morgan fingerprint density at radius 2 is 2.16 bits per heavy atom. The highest BCUT2D eigenvalue weighted by Gasteiger charge is 2.08. The Balaban J connectivity index is 1.62. The number of hydrogen-bond donors (Lipinski definition) is 1. The Labute approximate surface area is 156 Å². The van der Waals surface area contributed by atoms with Gasteiger partial charge in [-0.1, -0.05) is 35.6 Å². The zero-order chi connectivity index (χ0) is 17.6. The van der Waals surface area contributed by atoms with Crippen LogP contribution < -0.4 is 5.32 Å². The first-order chi connectivity index (χ1) is 12.2. The van der Waals surface area contributed by atoms with Gasteiger partial charge in [0.2, 0.25) is 5.13 Å². The molecule has 3 aromatic rings. The lowest BCUT2D eigenvalue weighted by Crippen LogP contribution is -2.22. The summed E-state index contributed by atoms with van der Waals surface area (Å²) in [6.45, 7) is 5.76. The zero-order valence-corrected chi connectivity index (χ0v) is 15.6. The van der Waals surface area contributed by atoms with Gasteiger partial charge in [0.05, 0.1) is 18.6 Å². The van der Waals surface area contributed by atoms with Gasteiger partial charge in [-0.05, 0) is 31.4 Å². The van der Waals surface area contributed by atoms with Gasteiger partial charge >= 0.3 is 0 Å². The van der Waals surface area contributed by atoms with Crippen molar-refractivity contribution >= 4 is 28.7 Å². The van der Waals surface area contributed by atoms with E-state index in [2.05, 4.69) is 27.0 Å². The molecule has 2 heterocycles. The Morgan fingerprint density at radius 3 is 2.92 bits per heavy atom. The van der Waals surface area contributed by atoms with Gasteiger partial charge in [-0.2, -0.15) is 5.10 Å². The molecule has 3 rings (SSSR count). The van der Waals surface area contributed by atoms with Crippen LogP contribution in [0.4, 0.5) is 5.13 Å². The second-order valence-electron chi connectivity index (χ2n) is 5.63. The van der Waals surface area contributed by atoms with Gasteiger partial charge in [0.25, 0.3) is 0 Å². The average molecular weight is 373 g/mol. The molecule has 0 radical (unpaired) electrons. The van der Waals surface area contributed by atoms with Crippen molar-refractivity contribution in [1.82, 2.24) is 24.5 Å². The summed E-state index contributed by atoms with van der Waals surface area (Å²) < 4.78 is 4.46. The number of anilines is 1. The standard InChI is InChI=1S/C17H20N6S2/c1-3-9-18-16-20-23(17(24)25-16)13-21(2)11-14-10-19-22(12-14)15-7-5-4-6-8-15/h3-8,10,12H,1,9,11,13H2,2H3,(H,18,20). The Morgan fingerprint density at radius 1 is 1.36 bits per heavy atom. The molecular weight excluding hydrogens is 352 g/mol. The van der Waals surface area contributed by atoms with E-state index in [4.69, 9.17) is 12.2 Å². The fraction of sp³-hybridized carbons (Fsp3) is 0.235. The number of hydrogen-bond acceptors (Lipinski definition) is 6. The van der Waals surface area contributed by atoms with Gasteiger partial charge in [0.15, 0.2) is 3.95 Å². The lowest BCUT2D eigenvalue weighted by atomic mass is 10.3. The highest BCUT2D eigenvalue weighted by molar-refractivity contribution is 7.73. The van der Waals surface area contributed by atoms with E-state index in [1.165, 1.54) is 11.3 Å². The summed E-state index contributed by atoms with van der Waals surface area (Å²) in [5, 5.41) is 12.9. The molecule has 1 N–H and O–H groups in total. The van der Waals surface area contributed by atoms with Gasteiger partial charge in [0.1, 0.15) is 0 Å². The highest BCUT2D eigenvalue weighted by Crippen LogP contribution is 2.15. The third kappa shape index (κ3) is 4.62. The van der Waals surface area contributed by atoms with E-state index in [1.807, 2.05) is 59.1 Å². The first-order valence-electron chi connectivity index (χ1n) is 7.86. The van der Waals surface area contributed by atoms with Crippen LogP contribution in [0, 0.1) is 3.95 Å². The molecule has 130 valence electrons. The second kappa shape index (κ2) is 8.19. The minimum atomic E-state index is 0.627. The Kier molecular flexibility index (Phi) is 5.75. The van der Waals surface area contributed by atoms with Gasteiger partial charge in [-0.25, -0.2) is 9.36 Å². The van der Waals surface area contributed by atoms with Crippen molar-refractivity contribution in [2.24, 2.45) is 0 Å².